The van der Waals surface area contributed by atoms with Crippen LogP contribution in [0.4, 0.5) is 0 Å². The minimum Gasteiger partial charge on any atom is -0.508 e. The standard InChI is InChI=1S/C15H12N2O3/c1-9-3-2-4-10(7-9)14-16-13(15(19)20)12-8-11(18)5-6-17(12)14/h2-8,18H,1H3,(H,19,20). The minimum atomic E-state index is -1.12. The van der Waals surface area contributed by atoms with Crippen LogP contribution in [0.2, 0.25) is 0 Å². The van der Waals surface area contributed by atoms with E-state index in [-0.39, 0.29) is 11.4 Å². The fraction of sp³-hybridized carbons (Fsp3) is 0.0667. The Morgan fingerprint density at radius 3 is 2.75 bits per heavy atom. The zero-order chi connectivity index (χ0) is 14.3. The van der Waals surface area contributed by atoms with Crippen LogP contribution in [0, 0.1) is 6.92 Å². The average Bonchev–Trinajstić information content (AvgIpc) is 2.77. The summed E-state index contributed by atoms with van der Waals surface area (Å²) in [5, 5.41) is 18.8. The highest BCUT2D eigenvalue weighted by atomic mass is 16.4. The van der Waals surface area contributed by atoms with E-state index in [1.54, 1.807) is 10.6 Å². The lowest BCUT2D eigenvalue weighted by Gasteiger charge is -2.02. The number of aromatic hydroxyl groups is 1. The summed E-state index contributed by atoms with van der Waals surface area (Å²) in [5.74, 6) is -0.566. The third kappa shape index (κ3) is 1.89. The number of carboxylic acids is 1. The minimum absolute atomic E-state index is 0.00990. The molecule has 0 atom stereocenters. The highest BCUT2D eigenvalue weighted by Crippen LogP contribution is 2.25. The Morgan fingerprint density at radius 1 is 1.25 bits per heavy atom. The number of pyridine rings is 1. The first-order chi connectivity index (χ1) is 9.56. The van der Waals surface area contributed by atoms with Crippen molar-refractivity contribution in [1.82, 2.24) is 9.38 Å². The van der Waals surface area contributed by atoms with Crippen molar-refractivity contribution in [2.45, 2.75) is 6.92 Å². The van der Waals surface area contributed by atoms with Gasteiger partial charge in [0.15, 0.2) is 5.69 Å². The van der Waals surface area contributed by atoms with Crippen molar-refractivity contribution in [2.24, 2.45) is 0 Å². The number of aromatic nitrogens is 2. The van der Waals surface area contributed by atoms with E-state index in [0.29, 0.717) is 11.3 Å². The van der Waals surface area contributed by atoms with E-state index in [4.69, 9.17) is 0 Å². The number of hydrogen-bond acceptors (Lipinski definition) is 3. The number of fused-ring (bicyclic) bond motifs is 1. The van der Waals surface area contributed by atoms with Gasteiger partial charge >= 0.3 is 5.97 Å². The summed E-state index contributed by atoms with van der Waals surface area (Å²) in [7, 11) is 0. The van der Waals surface area contributed by atoms with Crippen LogP contribution in [-0.4, -0.2) is 25.6 Å². The summed E-state index contributed by atoms with van der Waals surface area (Å²) in [6.07, 6.45) is 1.61. The monoisotopic (exact) mass is 268 g/mol. The molecule has 0 amide bonds. The summed E-state index contributed by atoms with van der Waals surface area (Å²) in [6, 6.07) is 10.6. The molecule has 2 heterocycles. The molecule has 1 aromatic carbocycles. The molecule has 0 fully saturated rings. The van der Waals surface area contributed by atoms with Crippen LogP contribution in [0.1, 0.15) is 16.1 Å². The van der Waals surface area contributed by atoms with Gasteiger partial charge in [-0.1, -0.05) is 23.8 Å². The summed E-state index contributed by atoms with van der Waals surface area (Å²) in [5.41, 5.74) is 2.19. The molecular weight excluding hydrogens is 256 g/mol. The Morgan fingerprint density at radius 2 is 2.05 bits per heavy atom. The topological polar surface area (TPSA) is 74.8 Å². The van der Waals surface area contributed by atoms with Crippen molar-refractivity contribution in [1.29, 1.82) is 0 Å². The van der Waals surface area contributed by atoms with E-state index in [1.165, 1.54) is 12.1 Å². The molecule has 3 aromatic rings. The highest BCUT2D eigenvalue weighted by molar-refractivity contribution is 5.95. The zero-order valence-corrected chi connectivity index (χ0v) is 10.7. The molecular formula is C15H12N2O3. The second kappa shape index (κ2) is 4.38. The Bertz CT molecular complexity index is 821. The van der Waals surface area contributed by atoms with E-state index in [9.17, 15) is 15.0 Å². The molecule has 0 aliphatic carbocycles. The Labute approximate surface area is 114 Å². The van der Waals surface area contributed by atoms with E-state index >= 15 is 0 Å². The predicted octanol–water partition coefficient (Wildman–Crippen LogP) is 2.71. The van der Waals surface area contributed by atoms with Crippen LogP contribution in [-0.2, 0) is 0 Å². The quantitative estimate of drug-likeness (QED) is 0.749. The lowest BCUT2D eigenvalue weighted by Crippen LogP contribution is -1.97. The smallest absolute Gasteiger partial charge is 0.356 e. The number of benzene rings is 1. The zero-order valence-electron chi connectivity index (χ0n) is 10.7. The summed E-state index contributed by atoms with van der Waals surface area (Å²) in [4.78, 5) is 15.5. The molecule has 0 unspecified atom stereocenters. The van der Waals surface area contributed by atoms with Gasteiger partial charge in [0.1, 0.15) is 11.6 Å². The largest absolute Gasteiger partial charge is 0.508 e. The molecule has 0 bridgehead atoms. The van der Waals surface area contributed by atoms with E-state index < -0.39 is 5.97 Å². The van der Waals surface area contributed by atoms with Crippen LogP contribution in [0.15, 0.2) is 42.6 Å². The van der Waals surface area contributed by atoms with Crippen molar-refractivity contribution in [3.8, 4) is 17.1 Å². The number of aryl methyl sites for hydroxylation is 1. The second-order valence-corrected chi connectivity index (χ2v) is 4.60. The molecule has 5 heteroatoms. The summed E-state index contributed by atoms with van der Waals surface area (Å²) < 4.78 is 1.66. The third-order valence-electron chi connectivity index (χ3n) is 3.11. The number of imidazole rings is 1. The van der Waals surface area contributed by atoms with Crippen LogP contribution in [0.3, 0.4) is 0 Å². The molecule has 5 nitrogen and oxygen atoms in total. The van der Waals surface area contributed by atoms with Crippen molar-refractivity contribution < 1.29 is 15.0 Å². The van der Waals surface area contributed by atoms with Gasteiger partial charge < -0.3 is 10.2 Å². The van der Waals surface area contributed by atoms with Crippen molar-refractivity contribution in [3.63, 3.8) is 0 Å². The Balaban J connectivity index is 2.34. The SMILES string of the molecule is Cc1cccc(-c2nc(C(=O)O)c3cc(O)ccn23)c1. The summed E-state index contributed by atoms with van der Waals surface area (Å²) in [6.45, 7) is 1.96. The van der Waals surface area contributed by atoms with Crippen molar-refractivity contribution in [2.75, 3.05) is 0 Å². The van der Waals surface area contributed by atoms with Gasteiger partial charge in [-0.05, 0) is 19.1 Å². The maximum atomic E-state index is 11.3. The Kier molecular flexibility index (Phi) is 2.68. The summed E-state index contributed by atoms with van der Waals surface area (Å²) >= 11 is 0. The molecule has 0 saturated carbocycles. The first-order valence-corrected chi connectivity index (χ1v) is 6.07. The molecule has 0 aliphatic rings. The molecule has 2 N–H and O–H groups in total. The maximum absolute atomic E-state index is 11.3. The second-order valence-electron chi connectivity index (χ2n) is 4.60. The van der Waals surface area contributed by atoms with Gasteiger partial charge in [-0.15, -0.1) is 0 Å². The lowest BCUT2D eigenvalue weighted by molar-refractivity contribution is 0.0693. The molecule has 100 valence electrons. The number of nitrogens with zero attached hydrogens (tertiary/aromatic N) is 2. The number of aromatic carboxylic acids is 1. The predicted molar refractivity (Wildman–Crippen MR) is 74.0 cm³/mol. The van der Waals surface area contributed by atoms with E-state index in [0.717, 1.165) is 11.1 Å². The fourth-order valence-electron chi connectivity index (χ4n) is 2.22. The van der Waals surface area contributed by atoms with Gasteiger partial charge in [0.05, 0.1) is 5.52 Å². The normalized spacial score (nSPS) is 10.8. The third-order valence-corrected chi connectivity index (χ3v) is 3.11. The van der Waals surface area contributed by atoms with Crippen LogP contribution < -0.4 is 0 Å². The van der Waals surface area contributed by atoms with Crippen LogP contribution in [0.5, 0.6) is 5.75 Å². The maximum Gasteiger partial charge on any atom is 0.356 e. The molecule has 2 aromatic heterocycles. The lowest BCUT2D eigenvalue weighted by atomic mass is 10.1. The molecule has 0 aliphatic heterocycles. The molecule has 0 spiro atoms. The highest BCUT2D eigenvalue weighted by Gasteiger charge is 2.18. The molecule has 0 saturated heterocycles. The van der Waals surface area contributed by atoms with Gasteiger partial charge in [-0.25, -0.2) is 9.78 Å². The number of carboxylic acid groups (broad SMARTS) is 1. The van der Waals surface area contributed by atoms with Crippen molar-refractivity contribution in [3.05, 3.63) is 53.9 Å². The first-order valence-electron chi connectivity index (χ1n) is 6.07. The molecule has 3 rings (SSSR count). The number of rotatable bonds is 2. The van der Waals surface area contributed by atoms with E-state index in [1.807, 2.05) is 31.2 Å². The van der Waals surface area contributed by atoms with Gasteiger partial charge in [-0.3, -0.25) is 4.40 Å². The van der Waals surface area contributed by atoms with Crippen LogP contribution >= 0.6 is 0 Å². The number of hydrogen-bond donors (Lipinski definition) is 2. The van der Waals surface area contributed by atoms with E-state index in [2.05, 4.69) is 4.98 Å². The fourth-order valence-corrected chi connectivity index (χ4v) is 2.22. The molecule has 20 heavy (non-hydrogen) atoms. The first kappa shape index (κ1) is 12.2. The van der Waals surface area contributed by atoms with Gasteiger partial charge in [-0.2, -0.15) is 0 Å². The van der Waals surface area contributed by atoms with Gasteiger partial charge in [0.2, 0.25) is 0 Å². The Hall–Kier alpha value is -2.82. The van der Waals surface area contributed by atoms with Crippen molar-refractivity contribution >= 4 is 11.5 Å². The average molecular weight is 268 g/mol. The number of carbonyl (C=O) groups is 1. The van der Waals surface area contributed by atoms with Gasteiger partial charge in [0, 0.05) is 17.8 Å². The van der Waals surface area contributed by atoms with Gasteiger partial charge in [0.25, 0.3) is 0 Å². The van der Waals surface area contributed by atoms with Crippen LogP contribution in [0.25, 0.3) is 16.9 Å². The molecule has 0 radical (unpaired) electrons.